The second kappa shape index (κ2) is 11.0. The van der Waals surface area contributed by atoms with Crippen LogP contribution in [0, 0.1) is 0 Å². The van der Waals surface area contributed by atoms with Crippen molar-refractivity contribution < 1.29 is 19.1 Å². The van der Waals surface area contributed by atoms with Crippen LogP contribution in [-0.2, 0) is 16.1 Å². The molecule has 1 aliphatic heterocycles. The van der Waals surface area contributed by atoms with E-state index in [0.29, 0.717) is 22.3 Å². The van der Waals surface area contributed by atoms with Crippen molar-refractivity contribution in [3.05, 3.63) is 42.5 Å². The minimum atomic E-state index is -0.193. The van der Waals surface area contributed by atoms with E-state index in [0.717, 1.165) is 30.3 Å². The van der Waals surface area contributed by atoms with Crippen molar-refractivity contribution in [2.75, 3.05) is 25.3 Å². The van der Waals surface area contributed by atoms with Crippen molar-refractivity contribution in [2.24, 2.45) is 0 Å². The quantitative estimate of drug-likeness (QED) is 0.460. The Balaban J connectivity index is 1.50. The molecule has 186 valence electrons. The lowest BCUT2D eigenvalue weighted by Crippen LogP contribution is -2.48. The average Bonchev–Trinajstić information content (AvgIpc) is 3.20. The highest BCUT2D eigenvalue weighted by Crippen LogP contribution is 2.30. The van der Waals surface area contributed by atoms with Crippen LogP contribution in [0.5, 0.6) is 11.5 Å². The second-order valence-corrected chi connectivity index (χ2v) is 9.74. The van der Waals surface area contributed by atoms with Crippen molar-refractivity contribution in [1.82, 2.24) is 14.5 Å². The van der Waals surface area contributed by atoms with Crippen molar-refractivity contribution in [3.8, 4) is 11.5 Å². The molecule has 8 nitrogen and oxygen atoms in total. The van der Waals surface area contributed by atoms with E-state index in [4.69, 9.17) is 14.5 Å². The van der Waals surface area contributed by atoms with E-state index in [9.17, 15) is 9.59 Å². The monoisotopic (exact) mass is 496 g/mol. The number of piperidine rings is 1. The smallest absolute Gasteiger partial charge is 0.243 e. The number of carbonyl (C=O) groups excluding carboxylic acids is 2. The SMILES string of the molecule is COc1ccc(NC(=O)CSc2nc3ccccc3n2CC(=O)N2[C@@H](C)CCC[C@@H]2C)c(OC)c1. The third-order valence-corrected chi connectivity index (χ3v) is 7.39. The molecule has 1 saturated heterocycles. The van der Waals surface area contributed by atoms with E-state index in [1.165, 1.54) is 11.8 Å². The largest absolute Gasteiger partial charge is 0.497 e. The molecule has 0 saturated carbocycles. The topological polar surface area (TPSA) is 85.7 Å². The Hall–Kier alpha value is -3.20. The molecule has 0 unspecified atom stereocenters. The number of rotatable bonds is 8. The number of nitrogens with zero attached hydrogens (tertiary/aromatic N) is 3. The van der Waals surface area contributed by atoms with Crippen LogP contribution >= 0.6 is 11.8 Å². The van der Waals surface area contributed by atoms with E-state index in [1.807, 2.05) is 33.7 Å². The van der Waals surface area contributed by atoms with Gasteiger partial charge in [0, 0.05) is 18.2 Å². The van der Waals surface area contributed by atoms with Gasteiger partial charge in [-0.3, -0.25) is 9.59 Å². The van der Waals surface area contributed by atoms with Crippen LogP contribution in [0.1, 0.15) is 33.1 Å². The molecule has 2 aromatic carbocycles. The summed E-state index contributed by atoms with van der Waals surface area (Å²) in [5.74, 6) is 1.20. The maximum Gasteiger partial charge on any atom is 0.243 e. The van der Waals surface area contributed by atoms with Gasteiger partial charge in [-0.15, -0.1) is 0 Å². The van der Waals surface area contributed by atoms with Gasteiger partial charge in [-0.1, -0.05) is 23.9 Å². The number of fused-ring (bicyclic) bond motifs is 1. The molecule has 2 amide bonds. The number of hydrogen-bond donors (Lipinski definition) is 1. The molecule has 1 N–H and O–H groups in total. The van der Waals surface area contributed by atoms with Crippen LogP contribution in [0.15, 0.2) is 47.6 Å². The Morgan fingerprint density at radius 3 is 2.54 bits per heavy atom. The maximum atomic E-state index is 13.3. The van der Waals surface area contributed by atoms with E-state index in [1.54, 1.807) is 32.4 Å². The number of anilines is 1. The number of thioether (sulfide) groups is 1. The number of aromatic nitrogens is 2. The van der Waals surface area contributed by atoms with Crippen molar-refractivity contribution in [3.63, 3.8) is 0 Å². The average molecular weight is 497 g/mol. The standard InChI is InChI=1S/C26H32N4O4S/c1-17-8-7-9-18(2)30(17)25(32)15-29-22-11-6-5-10-20(22)28-26(29)35-16-24(31)27-21-13-12-19(33-3)14-23(21)34-4/h5-6,10-14,17-18H,7-9,15-16H2,1-4H3,(H,27,31)/t17-,18-/m0/s1. The Bertz CT molecular complexity index is 1200. The number of para-hydroxylation sites is 2. The van der Waals surface area contributed by atoms with Gasteiger partial charge in [0.05, 0.1) is 36.7 Å². The summed E-state index contributed by atoms with van der Waals surface area (Å²) in [6.07, 6.45) is 3.20. The first kappa shape index (κ1) is 24.9. The van der Waals surface area contributed by atoms with Crippen LogP contribution in [0.2, 0.25) is 0 Å². The molecule has 3 aromatic rings. The van der Waals surface area contributed by atoms with Gasteiger partial charge in [0.1, 0.15) is 18.0 Å². The van der Waals surface area contributed by atoms with Crippen LogP contribution < -0.4 is 14.8 Å². The number of methoxy groups -OCH3 is 2. The number of benzene rings is 2. The number of likely N-dealkylation sites (tertiary alicyclic amines) is 1. The normalized spacial score (nSPS) is 17.9. The van der Waals surface area contributed by atoms with Gasteiger partial charge in [0.15, 0.2) is 5.16 Å². The molecule has 2 heterocycles. The van der Waals surface area contributed by atoms with E-state index in [-0.39, 0.29) is 36.2 Å². The first-order chi connectivity index (χ1) is 16.9. The van der Waals surface area contributed by atoms with Crippen LogP contribution in [0.4, 0.5) is 5.69 Å². The molecule has 0 spiro atoms. The summed E-state index contributed by atoms with van der Waals surface area (Å²) in [6, 6.07) is 13.4. The van der Waals surface area contributed by atoms with E-state index < -0.39 is 0 Å². The van der Waals surface area contributed by atoms with Gasteiger partial charge in [0.25, 0.3) is 0 Å². The second-order valence-electron chi connectivity index (χ2n) is 8.80. The van der Waals surface area contributed by atoms with E-state index in [2.05, 4.69) is 19.2 Å². The number of hydrogen-bond acceptors (Lipinski definition) is 6. The number of imidazole rings is 1. The summed E-state index contributed by atoms with van der Waals surface area (Å²) < 4.78 is 12.5. The lowest BCUT2D eigenvalue weighted by atomic mass is 9.97. The molecule has 1 fully saturated rings. The minimum absolute atomic E-state index is 0.0853. The van der Waals surface area contributed by atoms with Crippen LogP contribution in [0.25, 0.3) is 11.0 Å². The zero-order chi connectivity index (χ0) is 24.9. The summed E-state index contributed by atoms with van der Waals surface area (Å²) in [7, 11) is 3.12. The summed E-state index contributed by atoms with van der Waals surface area (Å²) in [6.45, 7) is 4.44. The van der Waals surface area contributed by atoms with Crippen LogP contribution in [-0.4, -0.2) is 58.3 Å². The van der Waals surface area contributed by atoms with Crippen molar-refractivity contribution in [2.45, 2.75) is 56.9 Å². The Kier molecular flexibility index (Phi) is 7.85. The highest BCUT2D eigenvalue weighted by Gasteiger charge is 2.29. The third-order valence-electron chi connectivity index (χ3n) is 6.41. The van der Waals surface area contributed by atoms with Gasteiger partial charge in [-0.05, 0) is 57.4 Å². The first-order valence-corrected chi connectivity index (χ1v) is 12.8. The molecule has 0 bridgehead atoms. The minimum Gasteiger partial charge on any atom is -0.497 e. The lowest BCUT2D eigenvalue weighted by Gasteiger charge is -2.39. The Labute approximate surface area is 210 Å². The molecule has 2 atom stereocenters. The maximum absolute atomic E-state index is 13.3. The highest BCUT2D eigenvalue weighted by molar-refractivity contribution is 7.99. The molecular formula is C26H32N4O4S. The molecule has 35 heavy (non-hydrogen) atoms. The lowest BCUT2D eigenvalue weighted by molar-refractivity contribution is -0.138. The number of amides is 2. The summed E-state index contributed by atoms with van der Waals surface area (Å²) in [5.41, 5.74) is 2.26. The highest BCUT2D eigenvalue weighted by atomic mass is 32.2. The predicted octanol–water partition coefficient (Wildman–Crippen LogP) is 4.57. The summed E-state index contributed by atoms with van der Waals surface area (Å²) in [4.78, 5) is 32.8. The van der Waals surface area contributed by atoms with Gasteiger partial charge in [0.2, 0.25) is 11.8 Å². The number of ether oxygens (including phenoxy) is 2. The van der Waals surface area contributed by atoms with Crippen molar-refractivity contribution >= 4 is 40.3 Å². The van der Waals surface area contributed by atoms with Gasteiger partial charge in [-0.25, -0.2) is 4.98 Å². The molecule has 1 aromatic heterocycles. The molecule has 0 aliphatic carbocycles. The summed E-state index contributed by atoms with van der Waals surface area (Å²) in [5, 5.41) is 3.53. The number of carbonyl (C=O) groups is 2. The fourth-order valence-electron chi connectivity index (χ4n) is 4.66. The molecule has 4 rings (SSSR count). The summed E-state index contributed by atoms with van der Waals surface area (Å²) >= 11 is 1.32. The first-order valence-electron chi connectivity index (χ1n) is 11.8. The molecule has 0 radical (unpaired) electrons. The number of nitrogens with one attached hydrogen (secondary N) is 1. The molecule has 9 heteroatoms. The van der Waals surface area contributed by atoms with Gasteiger partial charge >= 0.3 is 0 Å². The fourth-order valence-corrected chi connectivity index (χ4v) is 5.48. The Morgan fingerprint density at radius 2 is 1.83 bits per heavy atom. The third kappa shape index (κ3) is 5.56. The van der Waals surface area contributed by atoms with Crippen LogP contribution in [0.3, 0.4) is 0 Å². The fraction of sp³-hybridized carbons (Fsp3) is 0.423. The zero-order valence-electron chi connectivity index (χ0n) is 20.6. The van der Waals surface area contributed by atoms with Gasteiger partial charge < -0.3 is 24.3 Å². The van der Waals surface area contributed by atoms with E-state index >= 15 is 0 Å². The Morgan fingerprint density at radius 1 is 1.09 bits per heavy atom. The predicted molar refractivity (Wildman–Crippen MR) is 138 cm³/mol. The van der Waals surface area contributed by atoms with Crippen molar-refractivity contribution in [1.29, 1.82) is 0 Å². The molecule has 1 aliphatic rings. The zero-order valence-corrected chi connectivity index (χ0v) is 21.4. The van der Waals surface area contributed by atoms with Gasteiger partial charge in [-0.2, -0.15) is 0 Å². The molecular weight excluding hydrogens is 464 g/mol.